The minimum atomic E-state index is -1.48. The van der Waals surface area contributed by atoms with Gasteiger partial charge in [-0.25, -0.2) is 8.78 Å². The first-order valence-corrected chi connectivity index (χ1v) is 11.4. The van der Waals surface area contributed by atoms with Gasteiger partial charge in [-0.2, -0.15) is 0 Å². The van der Waals surface area contributed by atoms with Crippen molar-refractivity contribution in [1.29, 1.82) is 0 Å². The van der Waals surface area contributed by atoms with Gasteiger partial charge in [0, 0.05) is 30.6 Å². The molecule has 3 aliphatic heterocycles. The van der Waals surface area contributed by atoms with Crippen molar-refractivity contribution in [2.45, 2.75) is 38.5 Å². The van der Waals surface area contributed by atoms with E-state index in [9.17, 15) is 23.8 Å². The number of aromatic nitrogens is 2. The highest BCUT2D eigenvalue weighted by atomic mass is 32.1. The molecule has 4 heterocycles. The molecule has 1 aromatic carbocycles. The van der Waals surface area contributed by atoms with Crippen molar-refractivity contribution in [3.63, 3.8) is 0 Å². The van der Waals surface area contributed by atoms with Gasteiger partial charge in [0.2, 0.25) is 0 Å². The molecule has 174 valence electrons. The van der Waals surface area contributed by atoms with Gasteiger partial charge in [0.05, 0.1) is 25.0 Å². The SMILES string of the molecule is CC(C)N1C[C@@H]2COCC3=C(c4nnc(Cc5ccc(F)cc5F)s4)C(O)C(O)=C(C1=O)N32. The molecular formula is C22H22F2N4O4S. The van der Waals surface area contributed by atoms with Crippen LogP contribution in [0.4, 0.5) is 8.78 Å². The molecule has 3 aliphatic rings. The molecule has 0 aliphatic carbocycles. The van der Waals surface area contributed by atoms with Gasteiger partial charge in [-0.3, -0.25) is 4.79 Å². The van der Waals surface area contributed by atoms with Crippen LogP contribution in [0.25, 0.3) is 5.57 Å². The molecule has 2 atom stereocenters. The van der Waals surface area contributed by atoms with E-state index in [4.69, 9.17) is 4.74 Å². The largest absolute Gasteiger partial charge is 0.507 e. The van der Waals surface area contributed by atoms with Crippen LogP contribution in [0, 0.1) is 11.6 Å². The molecular weight excluding hydrogens is 454 g/mol. The van der Waals surface area contributed by atoms with E-state index in [0.717, 1.165) is 17.4 Å². The number of hydrogen-bond donors (Lipinski definition) is 2. The summed E-state index contributed by atoms with van der Waals surface area (Å²) in [5, 5.41) is 30.9. The Labute approximate surface area is 192 Å². The van der Waals surface area contributed by atoms with Crippen LogP contribution in [0.5, 0.6) is 0 Å². The van der Waals surface area contributed by atoms with Crippen molar-refractivity contribution in [3.8, 4) is 0 Å². The molecule has 11 heteroatoms. The van der Waals surface area contributed by atoms with Crippen LogP contribution < -0.4 is 0 Å². The first-order valence-electron chi connectivity index (χ1n) is 10.5. The van der Waals surface area contributed by atoms with Gasteiger partial charge < -0.3 is 24.7 Å². The summed E-state index contributed by atoms with van der Waals surface area (Å²) in [5.41, 5.74) is 1.20. The molecule has 0 saturated carbocycles. The van der Waals surface area contributed by atoms with Crippen LogP contribution in [0.2, 0.25) is 0 Å². The minimum Gasteiger partial charge on any atom is -0.507 e. The fourth-order valence-electron chi connectivity index (χ4n) is 4.47. The quantitative estimate of drug-likeness (QED) is 0.698. The van der Waals surface area contributed by atoms with E-state index in [2.05, 4.69) is 10.2 Å². The van der Waals surface area contributed by atoms with Crippen LogP contribution in [-0.2, 0) is 16.0 Å². The van der Waals surface area contributed by atoms with Crippen molar-refractivity contribution in [3.05, 3.63) is 62.6 Å². The molecule has 33 heavy (non-hydrogen) atoms. The second kappa shape index (κ2) is 8.15. The summed E-state index contributed by atoms with van der Waals surface area (Å²) in [6.07, 6.45) is -1.38. The second-order valence-corrected chi connectivity index (χ2v) is 9.56. The maximum absolute atomic E-state index is 14.1. The van der Waals surface area contributed by atoms with Gasteiger partial charge in [0.15, 0.2) is 5.76 Å². The van der Waals surface area contributed by atoms with Crippen LogP contribution in [-0.4, -0.2) is 74.1 Å². The Bertz CT molecular complexity index is 1190. The van der Waals surface area contributed by atoms with E-state index in [1.54, 1.807) is 9.80 Å². The second-order valence-electron chi connectivity index (χ2n) is 8.50. The zero-order valence-corrected chi connectivity index (χ0v) is 18.8. The standard InChI is InChI=1S/C22H22F2N4O4S/c1-10(2)27-7-13-8-32-9-15-17(19(29)20(30)18(22(27)31)28(13)15)21-26-25-16(33-21)5-11-3-4-12(23)6-14(11)24/h3-4,6,10,13,19,29-30H,5,7-9H2,1-2H3/t13-,19?/m1/s1. The van der Waals surface area contributed by atoms with E-state index in [-0.39, 0.29) is 42.3 Å². The minimum absolute atomic E-state index is 0.0626. The first-order chi connectivity index (χ1) is 15.8. The Morgan fingerprint density at radius 3 is 2.82 bits per heavy atom. The number of morpholine rings is 1. The van der Waals surface area contributed by atoms with Crippen LogP contribution in [0.3, 0.4) is 0 Å². The molecule has 0 bridgehead atoms. The van der Waals surface area contributed by atoms with E-state index in [0.29, 0.717) is 34.4 Å². The predicted molar refractivity (Wildman–Crippen MR) is 115 cm³/mol. The van der Waals surface area contributed by atoms with Gasteiger partial charge in [0.1, 0.15) is 33.5 Å². The number of aliphatic hydroxyl groups excluding tert-OH is 2. The van der Waals surface area contributed by atoms with Crippen molar-refractivity contribution in [1.82, 2.24) is 20.0 Å². The van der Waals surface area contributed by atoms with Crippen molar-refractivity contribution in [2.75, 3.05) is 19.8 Å². The summed E-state index contributed by atoms with van der Waals surface area (Å²) in [6.45, 7) is 4.71. The molecule has 1 aromatic heterocycles. The van der Waals surface area contributed by atoms with Crippen molar-refractivity contribution in [2.24, 2.45) is 0 Å². The number of piperazine rings is 1. The highest BCUT2D eigenvalue weighted by molar-refractivity contribution is 7.12. The molecule has 1 amide bonds. The topological polar surface area (TPSA) is 99.0 Å². The Kier molecular flexibility index (Phi) is 5.42. The van der Waals surface area contributed by atoms with Crippen LogP contribution in [0.1, 0.15) is 29.4 Å². The molecule has 2 aromatic rings. The lowest BCUT2D eigenvalue weighted by Gasteiger charge is -2.50. The van der Waals surface area contributed by atoms with E-state index < -0.39 is 23.5 Å². The summed E-state index contributed by atoms with van der Waals surface area (Å²) in [6, 6.07) is 3.04. The number of carbonyl (C=O) groups excluding carboxylic acids is 1. The third-order valence-corrected chi connectivity index (χ3v) is 7.04. The summed E-state index contributed by atoms with van der Waals surface area (Å²) in [4.78, 5) is 16.5. The number of rotatable bonds is 4. The van der Waals surface area contributed by atoms with E-state index in [1.165, 1.54) is 12.1 Å². The fraction of sp³-hybridized carbons (Fsp3) is 0.409. The molecule has 5 rings (SSSR count). The molecule has 2 N–H and O–H groups in total. The normalized spacial score (nSPS) is 23.0. The lowest BCUT2D eigenvalue weighted by molar-refractivity contribution is -0.138. The molecule has 8 nitrogen and oxygen atoms in total. The average molecular weight is 477 g/mol. The number of amides is 1. The molecule has 0 radical (unpaired) electrons. The summed E-state index contributed by atoms with van der Waals surface area (Å²) >= 11 is 1.13. The lowest BCUT2D eigenvalue weighted by atomic mass is 9.93. The average Bonchev–Trinajstić information content (AvgIpc) is 3.22. The molecule has 1 unspecified atom stereocenters. The number of ether oxygens (including phenoxy) is 1. The summed E-state index contributed by atoms with van der Waals surface area (Å²) in [7, 11) is 0. The van der Waals surface area contributed by atoms with Crippen molar-refractivity contribution < 1.29 is 28.5 Å². The molecule has 2 saturated heterocycles. The van der Waals surface area contributed by atoms with Gasteiger partial charge in [0.25, 0.3) is 5.91 Å². The third kappa shape index (κ3) is 3.60. The summed E-state index contributed by atoms with van der Waals surface area (Å²) in [5.74, 6) is -2.12. The number of carbonyl (C=O) groups is 1. The third-order valence-electron chi connectivity index (χ3n) is 6.08. The highest BCUT2D eigenvalue weighted by Crippen LogP contribution is 2.42. The van der Waals surface area contributed by atoms with Gasteiger partial charge in [-0.05, 0) is 25.5 Å². The Balaban J connectivity index is 1.52. The Morgan fingerprint density at radius 2 is 2.09 bits per heavy atom. The Hall–Kier alpha value is -2.89. The molecule has 0 spiro atoms. The fourth-order valence-corrected chi connectivity index (χ4v) is 5.42. The maximum Gasteiger partial charge on any atom is 0.274 e. The zero-order valence-electron chi connectivity index (χ0n) is 18.0. The van der Waals surface area contributed by atoms with Crippen LogP contribution >= 0.6 is 11.3 Å². The molecule has 2 fully saturated rings. The van der Waals surface area contributed by atoms with Gasteiger partial charge in [-0.15, -0.1) is 10.2 Å². The smallest absolute Gasteiger partial charge is 0.274 e. The van der Waals surface area contributed by atoms with E-state index >= 15 is 0 Å². The number of benzene rings is 1. The first kappa shape index (κ1) is 21.9. The highest BCUT2D eigenvalue weighted by Gasteiger charge is 2.48. The summed E-state index contributed by atoms with van der Waals surface area (Å²) < 4.78 is 33.0. The van der Waals surface area contributed by atoms with Crippen molar-refractivity contribution >= 4 is 22.8 Å². The maximum atomic E-state index is 14.1. The Morgan fingerprint density at radius 1 is 1.30 bits per heavy atom. The lowest BCUT2D eigenvalue weighted by Crippen LogP contribution is -2.61. The zero-order chi connectivity index (χ0) is 23.4. The number of nitrogens with zero attached hydrogens (tertiary/aromatic N) is 4. The van der Waals surface area contributed by atoms with Crippen LogP contribution in [0.15, 0.2) is 35.4 Å². The monoisotopic (exact) mass is 476 g/mol. The van der Waals surface area contributed by atoms with E-state index in [1.807, 2.05) is 13.8 Å². The number of aliphatic hydroxyl groups is 2. The van der Waals surface area contributed by atoms with Gasteiger partial charge >= 0.3 is 0 Å². The van der Waals surface area contributed by atoms with Gasteiger partial charge in [-0.1, -0.05) is 17.4 Å². The number of hydrogen-bond acceptors (Lipinski definition) is 8. The predicted octanol–water partition coefficient (Wildman–Crippen LogP) is 2.21. The number of halogens is 2.